The number of anilines is 1. The van der Waals surface area contributed by atoms with Crippen molar-refractivity contribution >= 4 is 5.69 Å². The van der Waals surface area contributed by atoms with E-state index < -0.39 is 0 Å². The highest BCUT2D eigenvalue weighted by atomic mass is 16.1. The molecule has 0 unspecified atom stereocenters. The standard InChI is InChI=1S/C23H30N6O/c1-18-12-19(14-24)5-6-20(18)16-27-7-3-4-21(17-27)29-23(30)13-22(15-25-29)28-10-8-26(2)9-11-28/h5-6,12-13,15,21H,3-4,7-11,16-17H2,1-2H3/t21-/m1/s1. The van der Waals surface area contributed by atoms with Gasteiger partial charge in [0.2, 0.25) is 0 Å². The van der Waals surface area contributed by atoms with Crippen LogP contribution in [-0.4, -0.2) is 65.9 Å². The molecule has 1 aromatic heterocycles. The maximum atomic E-state index is 12.9. The van der Waals surface area contributed by atoms with E-state index in [1.165, 1.54) is 5.56 Å². The molecule has 0 radical (unpaired) electrons. The van der Waals surface area contributed by atoms with Gasteiger partial charge in [0, 0.05) is 45.3 Å². The van der Waals surface area contributed by atoms with Gasteiger partial charge in [0.05, 0.1) is 29.6 Å². The van der Waals surface area contributed by atoms with Crippen molar-refractivity contribution in [3.8, 4) is 6.07 Å². The van der Waals surface area contributed by atoms with E-state index in [4.69, 9.17) is 5.26 Å². The van der Waals surface area contributed by atoms with Crippen LogP contribution in [-0.2, 0) is 6.54 Å². The van der Waals surface area contributed by atoms with Crippen LogP contribution in [0.1, 0.15) is 35.6 Å². The fourth-order valence-electron chi connectivity index (χ4n) is 4.48. The van der Waals surface area contributed by atoms with Crippen molar-refractivity contribution in [3.05, 3.63) is 57.5 Å². The Morgan fingerprint density at radius 3 is 2.67 bits per heavy atom. The van der Waals surface area contributed by atoms with Crippen molar-refractivity contribution in [1.82, 2.24) is 19.6 Å². The van der Waals surface area contributed by atoms with Crippen molar-refractivity contribution in [2.24, 2.45) is 0 Å². The molecule has 1 atom stereocenters. The number of benzene rings is 1. The molecule has 2 saturated heterocycles. The highest BCUT2D eigenvalue weighted by molar-refractivity contribution is 5.43. The molecule has 30 heavy (non-hydrogen) atoms. The van der Waals surface area contributed by atoms with Gasteiger partial charge in [-0.1, -0.05) is 6.07 Å². The van der Waals surface area contributed by atoms with E-state index in [2.05, 4.69) is 39.8 Å². The van der Waals surface area contributed by atoms with E-state index in [1.807, 2.05) is 24.4 Å². The molecule has 0 saturated carbocycles. The zero-order chi connectivity index (χ0) is 21.1. The second-order valence-electron chi connectivity index (χ2n) is 8.57. The van der Waals surface area contributed by atoms with Crippen LogP contribution in [0.2, 0.25) is 0 Å². The first-order valence-corrected chi connectivity index (χ1v) is 10.8. The molecular formula is C23H30N6O. The van der Waals surface area contributed by atoms with Gasteiger partial charge < -0.3 is 9.80 Å². The topological polar surface area (TPSA) is 68.4 Å². The summed E-state index contributed by atoms with van der Waals surface area (Å²) >= 11 is 0. The summed E-state index contributed by atoms with van der Waals surface area (Å²) in [6.07, 6.45) is 3.88. The lowest BCUT2D eigenvalue weighted by atomic mass is 10.0. The van der Waals surface area contributed by atoms with Crippen LogP contribution in [0.3, 0.4) is 0 Å². The summed E-state index contributed by atoms with van der Waals surface area (Å²) in [5.41, 5.74) is 4.00. The summed E-state index contributed by atoms with van der Waals surface area (Å²) in [7, 11) is 2.13. The van der Waals surface area contributed by atoms with Crippen LogP contribution in [0.15, 0.2) is 35.3 Å². The number of hydrogen-bond donors (Lipinski definition) is 0. The molecular weight excluding hydrogens is 376 g/mol. The van der Waals surface area contributed by atoms with E-state index in [1.54, 1.807) is 10.7 Å². The summed E-state index contributed by atoms with van der Waals surface area (Å²) < 4.78 is 1.68. The van der Waals surface area contributed by atoms with Gasteiger partial charge in [-0.25, -0.2) is 4.68 Å². The molecule has 7 nitrogen and oxygen atoms in total. The number of piperazine rings is 1. The van der Waals surface area contributed by atoms with E-state index in [9.17, 15) is 4.79 Å². The first-order chi connectivity index (χ1) is 14.5. The number of likely N-dealkylation sites (N-methyl/N-ethyl adjacent to an activating group) is 1. The van der Waals surface area contributed by atoms with E-state index in [0.717, 1.165) is 69.9 Å². The zero-order valence-corrected chi connectivity index (χ0v) is 17.9. The van der Waals surface area contributed by atoms with Gasteiger partial charge in [0.1, 0.15) is 0 Å². The molecule has 2 aliphatic rings. The van der Waals surface area contributed by atoms with Gasteiger partial charge in [0.15, 0.2) is 0 Å². The predicted octanol–water partition coefficient (Wildman–Crippen LogP) is 2.01. The summed E-state index contributed by atoms with van der Waals surface area (Å²) in [5.74, 6) is 0. The van der Waals surface area contributed by atoms with Gasteiger partial charge in [-0.15, -0.1) is 0 Å². The Morgan fingerprint density at radius 2 is 1.97 bits per heavy atom. The molecule has 0 spiro atoms. The van der Waals surface area contributed by atoms with E-state index in [-0.39, 0.29) is 11.6 Å². The SMILES string of the molecule is Cc1cc(C#N)ccc1CN1CCC[C@@H](n2ncc(N3CCN(C)CC3)cc2=O)C1. The van der Waals surface area contributed by atoms with Crippen LogP contribution in [0.4, 0.5) is 5.69 Å². The Balaban J connectivity index is 1.44. The van der Waals surface area contributed by atoms with Gasteiger partial charge >= 0.3 is 0 Å². The van der Waals surface area contributed by atoms with E-state index in [0.29, 0.717) is 5.56 Å². The van der Waals surface area contributed by atoms with Gasteiger partial charge in [0.25, 0.3) is 5.56 Å². The largest absolute Gasteiger partial charge is 0.368 e. The summed E-state index contributed by atoms with van der Waals surface area (Å²) in [4.78, 5) is 19.8. The highest BCUT2D eigenvalue weighted by Crippen LogP contribution is 2.23. The summed E-state index contributed by atoms with van der Waals surface area (Å²) in [6.45, 7) is 8.61. The third kappa shape index (κ3) is 4.55. The van der Waals surface area contributed by atoms with Crippen LogP contribution < -0.4 is 10.5 Å². The summed E-state index contributed by atoms with van der Waals surface area (Å²) in [6, 6.07) is 9.93. The Morgan fingerprint density at radius 1 is 1.17 bits per heavy atom. The number of aromatic nitrogens is 2. The second-order valence-corrected chi connectivity index (χ2v) is 8.57. The number of nitrogens with zero attached hydrogens (tertiary/aromatic N) is 6. The fourth-order valence-corrected chi connectivity index (χ4v) is 4.48. The molecule has 0 aliphatic carbocycles. The second kappa shape index (κ2) is 8.99. The Kier molecular flexibility index (Phi) is 6.16. The molecule has 2 aromatic rings. The highest BCUT2D eigenvalue weighted by Gasteiger charge is 2.24. The first-order valence-electron chi connectivity index (χ1n) is 10.8. The Labute approximate surface area is 178 Å². The average molecular weight is 407 g/mol. The van der Waals surface area contributed by atoms with Gasteiger partial charge in [-0.3, -0.25) is 9.69 Å². The zero-order valence-electron chi connectivity index (χ0n) is 17.9. The number of hydrogen-bond acceptors (Lipinski definition) is 6. The molecule has 2 fully saturated rings. The lowest BCUT2D eigenvalue weighted by Gasteiger charge is -2.35. The predicted molar refractivity (Wildman–Crippen MR) is 118 cm³/mol. The smallest absolute Gasteiger partial charge is 0.269 e. The molecule has 0 N–H and O–H groups in total. The lowest BCUT2D eigenvalue weighted by Crippen LogP contribution is -2.45. The van der Waals surface area contributed by atoms with Crippen molar-refractivity contribution in [1.29, 1.82) is 5.26 Å². The number of rotatable bonds is 4. The molecule has 0 bridgehead atoms. The first kappa shape index (κ1) is 20.6. The van der Waals surface area contributed by atoms with Crippen LogP contribution >= 0.6 is 0 Å². The minimum absolute atomic E-state index is 0.00664. The third-order valence-corrected chi connectivity index (χ3v) is 6.37. The fraction of sp³-hybridized carbons (Fsp3) is 0.522. The number of nitriles is 1. The number of piperidine rings is 1. The van der Waals surface area contributed by atoms with Gasteiger partial charge in [-0.05, 0) is 56.6 Å². The summed E-state index contributed by atoms with van der Waals surface area (Å²) in [5, 5.41) is 13.6. The van der Waals surface area contributed by atoms with Crippen LogP contribution in [0.25, 0.3) is 0 Å². The maximum absolute atomic E-state index is 12.9. The molecule has 4 rings (SSSR count). The number of likely N-dealkylation sites (tertiary alicyclic amines) is 1. The lowest BCUT2D eigenvalue weighted by molar-refractivity contribution is 0.159. The number of aryl methyl sites for hydroxylation is 1. The van der Waals surface area contributed by atoms with Crippen molar-refractivity contribution in [2.45, 2.75) is 32.4 Å². The van der Waals surface area contributed by atoms with E-state index >= 15 is 0 Å². The third-order valence-electron chi connectivity index (χ3n) is 6.37. The maximum Gasteiger partial charge on any atom is 0.269 e. The molecule has 1 aromatic carbocycles. The quantitative estimate of drug-likeness (QED) is 0.774. The van der Waals surface area contributed by atoms with Crippen molar-refractivity contribution in [2.75, 3.05) is 51.2 Å². The minimum Gasteiger partial charge on any atom is -0.368 e. The normalized spacial score (nSPS) is 20.8. The molecule has 2 aliphatic heterocycles. The molecule has 7 heteroatoms. The van der Waals surface area contributed by atoms with Crippen LogP contribution in [0, 0.1) is 18.3 Å². The molecule has 3 heterocycles. The Bertz CT molecular complexity index is 986. The molecule has 0 amide bonds. The van der Waals surface area contributed by atoms with Gasteiger partial charge in [-0.2, -0.15) is 10.4 Å². The van der Waals surface area contributed by atoms with Crippen LogP contribution in [0.5, 0.6) is 0 Å². The molecule has 158 valence electrons. The van der Waals surface area contributed by atoms with Crippen molar-refractivity contribution < 1.29 is 0 Å². The monoisotopic (exact) mass is 406 g/mol. The van der Waals surface area contributed by atoms with Crippen molar-refractivity contribution in [3.63, 3.8) is 0 Å². The average Bonchev–Trinajstić information content (AvgIpc) is 2.76. The minimum atomic E-state index is -0.00664. The Hall–Kier alpha value is -2.69.